The molecule has 4 aliphatic carbocycles. The molecule has 0 amide bonds. The van der Waals surface area contributed by atoms with E-state index in [-0.39, 0.29) is 5.41 Å². The molecule has 0 N–H and O–H groups in total. The summed E-state index contributed by atoms with van der Waals surface area (Å²) in [6.07, 6.45) is 7.80. The van der Waals surface area contributed by atoms with E-state index in [0.717, 1.165) is 22.6 Å². The molecule has 0 aromatic carbocycles. The average molecular weight is 274 g/mol. The third-order valence-electron chi connectivity index (χ3n) is 5.77. The summed E-state index contributed by atoms with van der Waals surface area (Å²) in [6, 6.07) is 2.18. The lowest BCUT2D eigenvalue weighted by Crippen LogP contribution is -2.49. The topological polar surface area (TPSA) is 17.1 Å². The largest absolute Gasteiger partial charge is 0.293 e. The Labute approximate surface area is 119 Å². The summed E-state index contributed by atoms with van der Waals surface area (Å²) < 4.78 is 0. The molecule has 0 saturated heterocycles. The van der Waals surface area contributed by atoms with Gasteiger partial charge in [-0.05, 0) is 81.8 Å². The van der Waals surface area contributed by atoms with Crippen molar-refractivity contribution in [2.24, 2.45) is 23.2 Å². The highest BCUT2D eigenvalue weighted by molar-refractivity contribution is 7.14. The molecule has 4 fully saturated rings. The first kappa shape index (κ1) is 12.1. The van der Waals surface area contributed by atoms with Gasteiger partial charge in [-0.15, -0.1) is 11.3 Å². The molecule has 2 heteroatoms. The van der Waals surface area contributed by atoms with Crippen molar-refractivity contribution in [2.45, 2.75) is 52.4 Å². The summed E-state index contributed by atoms with van der Waals surface area (Å²) in [4.78, 5) is 15.5. The molecule has 0 spiro atoms. The van der Waals surface area contributed by atoms with Crippen LogP contribution in [0, 0.1) is 37.0 Å². The molecule has 19 heavy (non-hydrogen) atoms. The van der Waals surface area contributed by atoms with Gasteiger partial charge in [0, 0.05) is 10.3 Å². The number of aryl methyl sites for hydroxylation is 2. The van der Waals surface area contributed by atoms with Crippen LogP contribution in [0.25, 0.3) is 0 Å². The Balaban J connectivity index is 1.72. The van der Waals surface area contributed by atoms with Gasteiger partial charge in [0.2, 0.25) is 0 Å². The van der Waals surface area contributed by atoms with Crippen LogP contribution in [-0.2, 0) is 0 Å². The fourth-order valence-electron chi connectivity index (χ4n) is 5.50. The summed E-state index contributed by atoms with van der Waals surface area (Å²) >= 11 is 1.72. The second-order valence-corrected chi connectivity index (χ2v) is 8.65. The van der Waals surface area contributed by atoms with Crippen molar-refractivity contribution in [1.82, 2.24) is 0 Å². The smallest absolute Gasteiger partial charge is 0.179 e. The van der Waals surface area contributed by atoms with Gasteiger partial charge in [-0.2, -0.15) is 0 Å². The van der Waals surface area contributed by atoms with Gasteiger partial charge in [0.25, 0.3) is 0 Å². The van der Waals surface area contributed by atoms with Crippen LogP contribution in [0.3, 0.4) is 0 Å². The van der Waals surface area contributed by atoms with Gasteiger partial charge >= 0.3 is 0 Å². The van der Waals surface area contributed by atoms with Gasteiger partial charge in [-0.25, -0.2) is 0 Å². The van der Waals surface area contributed by atoms with Crippen LogP contribution in [-0.4, -0.2) is 5.78 Å². The Hall–Kier alpha value is -0.630. The van der Waals surface area contributed by atoms with Crippen LogP contribution in [0.2, 0.25) is 0 Å². The predicted molar refractivity (Wildman–Crippen MR) is 78.7 cm³/mol. The van der Waals surface area contributed by atoms with Gasteiger partial charge in [-0.1, -0.05) is 0 Å². The van der Waals surface area contributed by atoms with Crippen molar-refractivity contribution in [3.63, 3.8) is 0 Å². The minimum atomic E-state index is 0.0385. The number of carbonyl (C=O) groups is 1. The molecule has 1 aromatic heterocycles. The summed E-state index contributed by atoms with van der Waals surface area (Å²) in [5.41, 5.74) is 1.25. The number of hydrogen-bond donors (Lipinski definition) is 0. The highest BCUT2D eigenvalue weighted by atomic mass is 32.1. The van der Waals surface area contributed by atoms with Crippen LogP contribution in [0.1, 0.15) is 58.6 Å². The number of Topliss-reactive ketones (excluding diaryl/α,β-unsaturated/α-hetero) is 1. The van der Waals surface area contributed by atoms with Crippen molar-refractivity contribution < 1.29 is 4.79 Å². The Morgan fingerprint density at radius 2 is 1.63 bits per heavy atom. The standard InChI is InChI=1S/C17H22OS/c1-10-3-11(2)19-15(10)16(18)17-7-12-4-13(8-17)6-14(5-12)9-17/h3,12-14H,4-9H2,1-2H3. The summed E-state index contributed by atoms with van der Waals surface area (Å²) in [5, 5.41) is 0. The van der Waals surface area contributed by atoms with E-state index in [2.05, 4.69) is 19.9 Å². The molecule has 0 atom stereocenters. The zero-order valence-corrected chi connectivity index (χ0v) is 12.7. The van der Waals surface area contributed by atoms with Gasteiger partial charge in [-0.3, -0.25) is 4.79 Å². The molecule has 102 valence electrons. The Bertz CT molecular complexity index is 504. The normalized spacial score (nSPS) is 39.8. The molecule has 4 aliphatic rings. The first-order valence-corrected chi connectivity index (χ1v) is 8.49. The number of rotatable bonds is 2. The zero-order chi connectivity index (χ0) is 13.2. The van der Waals surface area contributed by atoms with E-state index >= 15 is 0 Å². The number of hydrogen-bond acceptors (Lipinski definition) is 2. The van der Waals surface area contributed by atoms with E-state index in [1.807, 2.05) is 0 Å². The molecule has 0 radical (unpaired) electrons. The first-order valence-electron chi connectivity index (χ1n) is 7.67. The molecular formula is C17H22OS. The lowest BCUT2D eigenvalue weighted by molar-refractivity contribution is -0.0351. The highest BCUT2D eigenvalue weighted by Crippen LogP contribution is 2.61. The van der Waals surface area contributed by atoms with Crippen LogP contribution in [0.5, 0.6) is 0 Å². The van der Waals surface area contributed by atoms with Crippen molar-refractivity contribution in [2.75, 3.05) is 0 Å². The number of thiophene rings is 1. The van der Waals surface area contributed by atoms with Crippen LogP contribution in [0.4, 0.5) is 0 Å². The third-order valence-corrected chi connectivity index (χ3v) is 6.92. The third kappa shape index (κ3) is 1.75. The lowest BCUT2D eigenvalue weighted by Gasteiger charge is -2.55. The fraction of sp³-hybridized carbons (Fsp3) is 0.706. The van der Waals surface area contributed by atoms with Gasteiger partial charge in [0.05, 0.1) is 4.88 Å². The second-order valence-electron chi connectivity index (χ2n) is 7.40. The summed E-state index contributed by atoms with van der Waals surface area (Å²) in [6.45, 7) is 4.23. The first-order chi connectivity index (χ1) is 9.06. The maximum Gasteiger partial charge on any atom is 0.179 e. The number of carbonyl (C=O) groups excluding carboxylic acids is 1. The molecule has 1 aromatic rings. The van der Waals surface area contributed by atoms with Crippen LogP contribution >= 0.6 is 11.3 Å². The van der Waals surface area contributed by atoms with Crippen molar-refractivity contribution in [1.29, 1.82) is 0 Å². The maximum atomic E-state index is 13.1. The van der Waals surface area contributed by atoms with E-state index in [4.69, 9.17) is 0 Å². The quantitative estimate of drug-likeness (QED) is 0.710. The van der Waals surface area contributed by atoms with Crippen molar-refractivity contribution >= 4 is 17.1 Å². The van der Waals surface area contributed by atoms with Gasteiger partial charge < -0.3 is 0 Å². The lowest BCUT2D eigenvalue weighted by atomic mass is 9.48. The van der Waals surface area contributed by atoms with E-state index in [0.29, 0.717) is 5.78 Å². The van der Waals surface area contributed by atoms with E-state index in [1.165, 1.54) is 49.0 Å². The molecule has 4 bridgehead atoms. The molecule has 5 rings (SSSR count). The predicted octanol–water partition coefficient (Wildman–Crippen LogP) is 4.76. The molecule has 4 saturated carbocycles. The van der Waals surface area contributed by atoms with Crippen molar-refractivity contribution in [3.8, 4) is 0 Å². The fourth-order valence-corrected chi connectivity index (χ4v) is 6.58. The summed E-state index contributed by atoms with van der Waals surface area (Å²) in [7, 11) is 0. The van der Waals surface area contributed by atoms with E-state index < -0.39 is 0 Å². The summed E-state index contributed by atoms with van der Waals surface area (Å²) in [5.74, 6) is 3.08. The number of ketones is 1. The van der Waals surface area contributed by atoms with Crippen molar-refractivity contribution in [3.05, 3.63) is 21.4 Å². The SMILES string of the molecule is Cc1cc(C)c(C(=O)C23CC4CC(CC(C4)C2)C3)s1. The van der Waals surface area contributed by atoms with E-state index in [1.54, 1.807) is 11.3 Å². The van der Waals surface area contributed by atoms with Gasteiger partial charge in [0.1, 0.15) is 0 Å². The Morgan fingerprint density at radius 1 is 1.11 bits per heavy atom. The molecule has 0 aliphatic heterocycles. The minimum absolute atomic E-state index is 0.0385. The average Bonchev–Trinajstić information content (AvgIpc) is 2.65. The Kier molecular flexibility index (Phi) is 2.52. The molecule has 1 heterocycles. The highest BCUT2D eigenvalue weighted by Gasteiger charge is 2.54. The van der Waals surface area contributed by atoms with Crippen LogP contribution < -0.4 is 0 Å². The second kappa shape index (κ2) is 3.94. The molecule has 0 unspecified atom stereocenters. The van der Waals surface area contributed by atoms with Gasteiger partial charge in [0.15, 0.2) is 5.78 Å². The minimum Gasteiger partial charge on any atom is -0.293 e. The van der Waals surface area contributed by atoms with E-state index in [9.17, 15) is 4.79 Å². The maximum absolute atomic E-state index is 13.1. The molecule has 1 nitrogen and oxygen atoms in total. The Morgan fingerprint density at radius 3 is 2.05 bits per heavy atom. The monoisotopic (exact) mass is 274 g/mol. The zero-order valence-electron chi connectivity index (χ0n) is 11.9. The molecular weight excluding hydrogens is 252 g/mol. The van der Waals surface area contributed by atoms with Crippen LogP contribution in [0.15, 0.2) is 6.07 Å².